The van der Waals surface area contributed by atoms with E-state index in [1.54, 1.807) is 37.3 Å². The van der Waals surface area contributed by atoms with Crippen LogP contribution in [0.3, 0.4) is 0 Å². The van der Waals surface area contributed by atoms with Gasteiger partial charge in [-0.1, -0.05) is 49.4 Å². The highest BCUT2D eigenvalue weighted by Crippen LogP contribution is 2.27. The van der Waals surface area contributed by atoms with Crippen LogP contribution in [-0.4, -0.2) is 23.5 Å². The number of benzene rings is 2. The molecule has 0 heterocycles. The first-order valence-electron chi connectivity index (χ1n) is 7.78. The van der Waals surface area contributed by atoms with Crippen LogP contribution >= 0.6 is 0 Å². The van der Waals surface area contributed by atoms with E-state index >= 15 is 0 Å². The second-order valence-electron chi connectivity index (χ2n) is 5.69. The summed E-state index contributed by atoms with van der Waals surface area (Å²) >= 11 is 0. The molecular formula is C19H20FNO3. The van der Waals surface area contributed by atoms with Crippen LogP contribution in [0.5, 0.6) is 0 Å². The zero-order chi connectivity index (χ0) is 17.6. The summed E-state index contributed by atoms with van der Waals surface area (Å²) in [5.74, 6) is -1.73. The molecule has 0 saturated heterocycles. The number of carbonyl (C=O) groups is 2. The number of nitrogens with one attached hydrogen (secondary N) is 1. The van der Waals surface area contributed by atoms with Crippen molar-refractivity contribution in [1.82, 2.24) is 5.32 Å². The number of amides is 1. The molecule has 0 aromatic heterocycles. The van der Waals surface area contributed by atoms with Gasteiger partial charge in [0.05, 0.1) is 6.42 Å². The van der Waals surface area contributed by atoms with Crippen molar-refractivity contribution in [3.8, 4) is 0 Å². The Morgan fingerprint density at radius 1 is 1.12 bits per heavy atom. The molecule has 1 amide bonds. The van der Waals surface area contributed by atoms with E-state index in [1.165, 1.54) is 18.2 Å². The van der Waals surface area contributed by atoms with Crippen molar-refractivity contribution in [1.29, 1.82) is 0 Å². The normalized spacial score (nSPS) is 13.1. The first-order valence-corrected chi connectivity index (χ1v) is 7.78. The van der Waals surface area contributed by atoms with Gasteiger partial charge in [-0.2, -0.15) is 0 Å². The van der Waals surface area contributed by atoms with Crippen molar-refractivity contribution >= 4 is 11.9 Å². The van der Waals surface area contributed by atoms with Crippen LogP contribution in [0.1, 0.15) is 24.5 Å². The van der Waals surface area contributed by atoms with Crippen LogP contribution in [0.15, 0.2) is 54.6 Å². The standard InChI is InChI=1S/C19H20FNO3/c1-2-19(18(23)24,15-8-4-3-5-9-15)13-21-17(22)12-14-7-6-10-16(20)11-14/h3-11H,2,12-13H2,1H3,(H,21,22)(H,23,24). The first-order chi connectivity index (χ1) is 11.5. The number of carboxylic acids is 1. The average Bonchev–Trinajstić information content (AvgIpc) is 2.56. The summed E-state index contributed by atoms with van der Waals surface area (Å²) < 4.78 is 13.2. The highest BCUT2D eigenvalue weighted by molar-refractivity contribution is 5.84. The van der Waals surface area contributed by atoms with Crippen LogP contribution in [0.4, 0.5) is 4.39 Å². The van der Waals surface area contributed by atoms with E-state index in [0.29, 0.717) is 17.5 Å². The molecule has 0 fully saturated rings. The summed E-state index contributed by atoms with van der Waals surface area (Å²) in [6.45, 7) is 1.76. The number of carbonyl (C=O) groups excluding carboxylic acids is 1. The fourth-order valence-corrected chi connectivity index (χ4v) is 2.68. The maximum Gasteiger partial charge on any atom is 0.315 e. The smallest absolute Gasteiger partial charge is 0.315 e. The van der Waals surface area contributed by atoms with Crippen molar-refractivity contribution in [2.45, 2.75) is 25.2 Å². The minimum Gasteiger partial charge on any atom is -0.481 e. The molecule has 2 rings (SSSR count). The van der Waals surface area contributed by atoms with Gasteiger partial charge in [0.1, 0.15) is 11.2 Å². The molecule has 5 heteroatoms. The van der Waals surface area contributed by atoms with E-state index in [0.717, 1.165) is 0 Å². The van der Waals surface area contributed by atoms with Gasteiger partial charge in [-0.15, -0.1) is 0 Å². The maximum atomic E-state index is 13.2. The van der Waals surface area contributed by atoms with Gasteiger partial charge in [0.2, 0.25) is 5.91 Å². The molecular weight excluding hydrogens is 309 g/mol. The third-order valence-corrected chi connectivity index (χ3v) is 4.18. The Morgan fingerprint density at radius 3 is 2.42 bits per heavy atom. The van der Waals surface area contributed by atoms with Gasteiger partial charge in [0, 0.05) is 6.54 Å². The molecule has 0 bridgehead atoms. The summed E-state index contributed by atoms with van der Waals surface area (Å²) in [5, 5.41) is 12.4. The van der Waals surface area contributed by atoms with Gasteiger partial charge in [-0.25, -0.2) is 4.39 Å². The second kappa shape index (κ2) is 7.73. The van der Waals surface area contributed by atoms with E-state index in [-0.39, 0.29) is 18.9 Å². The van der Waals surface area contributed by atoms with Gasteiger partial charge in [-0.05, 0) is 29.7 Å². The number of aliphatic carboxylic acids is 1. The minimum atomic E-state index is -1.18. The number of hydrogen-bond donors (Lipinski definition) is 2. The van der Waals surface area contributed by atoms with Gasteiger partial charge in [0.25, 0.3) is 0 Å². The Balaban J connectivity index is 2.11. The lowest BCUT2D eigenvalue weighted by atomic mass is 9.78. The number of carboxylic acid groups (broad SMARTS) is 1. The summed E-state index contributed by atoms with van der Waals surface area (Å²) in [7, 11) is 0. The zero-order valence-corrected chi connectivity index (χ0v) is 13.5. The highest BCUT2D eigenvalue weighted by Gasteiger charge is 2.38. The summed E-state index contributed by atoms with van der Waals surface area (Å²) in [6.07, 6.45) is 0.346. The molecule has 0 aliphatic rings. The number of rotatable bonds is 7. The lowest BCUT2D eigenvalue weighted by molar-refractivity contribution is -0.144. The molecule has 1 atom stereocenters. The quantitative estimate of drug-likeness (QED) is 0.821. The molecule has 0 spiro atoms. The van der Waals surface area contributed by atoms with Crippen LogP contribution in [0.25, 0.3) is 0 Å². The van der Waals surface area contributed by atoms with E-state index in [9.17, 15) is 19.1 Å². The second-order valence-corrected chi connectivity index (χ2v) is 5.69. The molecule has 2 aromatic carbocycles. The van der Waals surface area contributed by atoms with E-state index < -0.39 is 17.2 Å². The van der Waals surface area contributed by atoms with Crippen LogP contribution in [-0.2, 0) is 21.4 Å². The molecule has 0 aliphatic carbocycles. The fraction of sp³-hybridized carbons (Fsp3) is 0.263. The van der Waals surface area contributed by atoms with Crippen molar-refractivity contribution in [3.05, 3.63) is 71.5 Å². The van der Waals surface area contributed by atoms with Crippen molar-refractivity contribution in [2.24, 2.45) is 0 Å². The molecule has 2 N–H and O–H groups in total. The van der Waals surface area contributed by atoms with E-state index in [4.69, 9.17) is 0 Å². The molecule has 0 radical (unpaired) electrons. The summed E-state index contributed by atoms with van der Waals surface area (Å²) in [4.78, 5) is 24.0. The molecule has 126 valence electrons. The predicted molar refractivity (Wildman–Crippen MR) is 89.2 cm³/mol. The van der Waals surface area contributed by atoms with Gasteiger partial charge in [-0.3, -0.25) is 9.59 Å². The Hall–Kier alpha value is -2.69. The maximum absolute atomic E-state index is 13.2. The van der Waals surface area contributed by atoms with Gasteiger partial charge < -0.3 is 10.4 Å². The van der Waals surface area contributed by atoms with Crippen molar-refractivity contribution < 1.29 is 19.1 Å². The fourth-order valence-electron chi connectivity index (χ4n) is 2.68. The molecule has 2 aromatic rings. The molecule has 1 unspecified atom stereocenters. The van der Waals surface area contributed by atoms with Crippen LogP contribution < -0.4 is 5.32 Å². The largest absolute Gasteiger partial charge is 0.481 e. The van der Waals surface area contributed by atoms with E-state index in [1.807, 2.05) is 6.07 Å². The number of hydrogen-bond acceptors (Lipinski definition) is 2. The zero-order valence-electron chi connectivity index (χ0n) is 13.5. The molecule has 4 nitrogen and oxygen atoms in total. The minimum absolute atomic E-state index is 0.00592. The lowest BCUT2D eigenvalue weighted by Gasteiger charge is -2.29. The average molecular weight is 329 g/mol. The Labute approximate surface area is 140 Å². The van der Waals surface area contributed by atoms with Gasteiger partial charge in [0.15, 0.2) is 0 Å². The Bertz CT molecular complexity index is 718. The number of halogens is 1. The first kappa shape index (κ1) is 17.7. The Kier molecular flexibility index (Phi) is 5.68. The van der Waals surface area contributed by atoms with Crippen LogP contribution in [0, 0.1) is 5.82 Å². The summed E-state index contributed by atoms with van der Waals surface area (Å²) in [5.41, 5.74) is 0.00877. The van der Waals surface area contributed by atoms with Crippen molar-refractivity contribution in [3.63, 3.8) is 0 Å². The van der Waals surface area contributed by atoms with Gasteiger partial charge >= 0.3 is 5.97 Å². The third-order valence-electron chi connectivity index (χ3n) is 4.18. The molecule has 24 heavy (non-hydrogen) atoms. The van der Waals surface area contributed by atoms with Crippen LogP contribution in [0.2, 0.25) is 0 Å². The molecule has 0 aliphatic heterocycles. The van der Waals surface area contributed by atoms with E-state index in [2.05, 4.69) is 5.32 Å². The lowest BCUT2D eigenvalue weighted by Crippen LogP contribution is -2.46. The van der Waals surface area contributed by atoms with Crippen molar-refractivity contribution in [2.75, 3.05) is 6.54 Å². The third kappa shape index (κ3) is 3.98. The monoisotopic (exact) mass is 329 g/mol. The molecule has 0 saturated carbocycles. The SMILES string of the molecule is CCC(CNC(=O)Cc1cccc(F)c1)(C(=O)O)c1ccccc1. The predicted octanol–water partition coefficient (Wildman–Crippen LogP) is 2.92. The Morgan fingerprint density at radius 2 is 1.83 bits per heavy atom. The summed E-state index contributed by atoms with van der Waals surface area (Å²) in [6, 6.07) is 14.7. The topological polar surface area (TPSA) is 66.4 Å². The highest BCUT2D eigenvalue weighted by atomic mass is 19.1.